The number of nitrogens with zero attached hydrogens (tertiary/aromatic N) is 1. The van der Waals surface area contributed by atoms with Crippen LogP contribution in [0.4, 0.5) is 0 Å². The summed E-state index contributed by atoms with van der Waals surface area (Å²) < 4.78 is 5.31. The molecular formula is C12H16ClNO. The highest BCUT2D eigenvalue weighted by atomic mass is 35.5. The fourth-order valence-electron chi connectivity index (χ4n) is 0.906. The van der Waals surface area contributed by atoms with Crippen LogP contribution in [0.15, 0.2) is 29.7 Å². The van der Waals surface area contributed by atoms with Crippen molar-refractivity contribution in [3.05, 3.63) is 42.0 Å². The van der Waals surface area contributed by atoms with Gasteiger partial charge < -0.3 is 4.42 Å². The molecule has 0 aliphatic carbocycles. The van der Waals surface area contributed by atoms with Crippen molar-refractivity contribution in [2.75, 3.05) is 0 Å². The molecular weight excluding hydrogens is 210 g/mol. The maximum absolute atomic E-state index is 5.58. The van der Waals surface area contributed by atoms with Crippen molar-refractivity contribution in [1.82, 2.24) is 4.98 Å². The third-order valence-electron chi connectivity index (χ3n) is 1.38. The lowest BCUT2D eigenvalue weighted by atomic mass is 10.4. The monoisotopic (exact) mass is 225 g/mol. The third-order valence-corrected chi connectivity index (χ3v) is 1.61. The molecule has 0 bridgehead atoms. The fraction of sp³-hybridized carbons (Fsp3) is 0.250. The predicted molar refractivity (Wildman–Crippen MR) is 66.0 cm³/mol. The minimum Gasteiger partial charge on any atom is -0.439 e. The quantitative estimate of drug-likeness (QED) is 0.739. The van der Waals surface area contributed by atoms with E-state index in [2.05, 4.69) is 18.1 Å². The number of rotatable bonds is 3. The molecule has 0 atom stereocenters. The number of halogens is 1. The smallest absolute Gasteiger partial charge is 0.210 e. The maximum Gasteiger partial charge on any atom is 0.210 e. The van der Waals surface area contributed by atoms with Crippen molar-refractivity contribution in [2.45, 2.75) is 19.7 Å². The number of alkyl halides is 1. The van der Waals surface area contributed by atoms with Crippen molar-refractivity contribution < 1.29 is 4.42 Å². The van der Waals surface area contributed by atoms with Crippen LogP contribution < -0.4 is 10.8 Å². The number of hydrogen-bond donors (Lipinski definition) is 0. The van der Waals surface area contributed by atoms with Crippen LogP contribution in [0.2, 0.25) is 0 Å². The Morgan fingerprint density at radius 2 is 1.87 bits per heavy atom. The van der Waals surface area contributed by atoms with Crippen LogP contribution >= 0.6 is 11.6 Å². The molecule has 0 aliphatic rings. The van der Waals surface area contributed by atoms with Gasteiger partial charge in [0.25, 0.3) is 0 Å². The van der Waals surface area contributed by atoms with E-state index in [1.54, 1.807) is 24.3 Å². The molecule has 0 unspecified atom stereocenters. The second-order valence-electron chi connectivity index (χ2n) is 2.30. The Hall–Kier alpha value is -1.28. The Morgan fingerprint density at radius 1 is 1.27 bits per heavy atom. The Bertz CT molecular complexity index is 380. The molecule has 1 aromatic rings. The van der Waals surface area contributed by atoms with Crippen LogP contribution in [-0.2, 0) is 5.88 Å². The molecule has 15 heavy (non-hydrogen) atoms. The first-order valence-corrected chi connectivity index (χ1v) is 5.32. The first-order valence-electron chi connectivity index (χ1n) is 4.79. The fourth-order valence-corrected chi connectivity index (χ4v) is 1.02. The zero-order valence-corrected chi connectivity index (χ0v) is 9.92. The van der Waals surface area contributed by atoms with Crippen LogP contribution in [0.1, 0.15) is 19.7 Å². The van der Waals surface area contributed by atoms with Crippen molar-refractivity contribution in [1.29, 1.82) is 0 Å². The van der Waals surface area contributed by atoms with Gasteiger partial charge in [-0.1, -0.05) is 39.2 Å². The number of oxazole rings is 1. The maximum atomic E-state index is 5.58. The summed E-state index contributed by atoms with van der Waals surface area (Å²) >= 11 is 5.58. The molecule has 2 nitrogen and oxygen atoms in total. The van der Waals surface area contributed by atoms with Gasteiger partial charge in [-0.3, -0.25) is 0 Å². The van der Waals surface area contributed by atoms with Crippen molar-refractivity contribution in [3.8, 4) is 0 Å². The van der Waals surface area contributed by atoms with E-state index in [1.807, 2.05) is 13.8 Å². The second-order valence-corrected chi connectivity index (χ2v) is 2.56. The van der Waals surface area contributed by atoms with Crippen molar-refractivity contribution in [2.24, 2.45) is 0 Å². The van der Waals surface area contributed by atoms with E-state index >= 15 is 0 Å². The van der Waals surface area contributed by atoms with Gasteiger partial charge in [0.05, 0.1) is 5.88 Å². The molecule has 0 amide bonds. The van der Waals surface area contributed by atoms with E-state index in [9.17, 15) is 0 Å². The zero-order chi connectivity index (χ0) is 11.7. The molecule has 0 radical (unpaired) electrons. The molecule has 1 heterocycles. The molecule has 0 aromatic carbocycles. The van der Waals surface area contributed by atoms with Gasteiger partial charge in [-0.2, -0.15) is 0 Å². The summed E-state index contributed by atoms with van der Waals surface area (Å²) in [5, 5.41) is 0.727. The molecule has 0 saturated carbocycles. The lowest BCUT2D eigenvalue weighted by Crippen LogP contribution is -2.21. The number of hydrogen-bond acceptors (Lipinski definition) is 2. The van der Waals surface area contributed by atoms with Gasteiger partial charge in [-0.05, 0) is 12.2 Å². The van der Waals surface area contributed by atoms with Crippen LogP contribution in [0, 0.1) is 0 Å². The summed E-state index contributed by atoms with van der Waals surface area (Å²) in [5.41, 5.74) is 0.658. The van der Waals surface area contributed by atoms with Gasteiger partial charge in [-0.25, -0.2) is 4.98 Å². The Labute approximate surface area is 95.3 Å². The zero-order valence-electron chi connectivity index (χ0n) is 9.16. The Morgan fingerprint density at radius 3 is 2.33 bits per heavy atom. The summed E-state index contributed by atoms with van der Waals surface area (Å²) in [6.45, 7) is 11.2. The largest absolute Gasteiger partial charge is 0.439 e. The SMILES string of the molecule is C=C/C=c1/nc(CCl)o/c1=C/C=C.CC. The summed E-state index contributed by atoms with van der Waals surface area (Å²) in [7, 11) is 0. The van der Waals surface area contributed by atoms with E-state index in [1.165, 1.54) is 0 Å². The first-order chi connectivity index (χ1) is 7.31. The minimum absolute atomic E-state index is 0.267. The second kappa shape index (κ2) is 8.06. The topological polar surface area (TPSA) is 26.0 Å². The normalized spacial score (nSPS) is 11.9. The van der Waals surface area contributed by atoms with Gasteiger partial charge in [0, 0.05) is 0 Å². The first kappa shape index (κ1) is 13.7. The van der Waals surface area contributed by atoms with Crippen molar-refractivity contribution >= 4 is 23.8 Å². The molecule has 1 aromatic heterocycles. The standard InChI is InChI=1S/C10H10ClNO.C2H6/c1-3-5-8-9(6-4-2)13-10(7-11)12-8;1-2/h3-6H,1-2,7H2;1-2H3/b8-5+,9-6+;. The molecule has 82 valence electrons. The third kappa shape index (κ3) is 4.17. The summed E-state index contributed by atoms with van der Waals surface area (Å²) in [4.78, 5) is 4.13. The van der Waals surface area contributed by atoms with Crippen LogP contribution in [-0.4, -0.2) is 4.98 Å². The van der Waals surface area contributed by atoms with Crippen molar-refractivity contribution in [3.63, 3.8) is 0 Å². The Balaban J connectivity index is 0.000000921. The Kier molecular flexibility index (Phi) is 7.38. The average Bonchev–Trinajstić information content (AvgIpc) is 2.65. The highest BCUT2D eigenvalue weighted by Gasteiger charge is 1.97. The van der Waals surface area contributed by atoms with E-state index in [-0.39, 0.29) is 5.88 Å². The van der Waals surface area contributed by atoms with Crippen LogP contribution in [0.5, 0.6) is 0 Å². The lowest BCUT2D eigenvalue weighted by molar-refractivity contribution is 0.487. The predicted octanol–water partition coefficient (Wildman–Crippen LogP) is 2.37. The number of aromatic nitrogens is 1. The van der Waals surface area contributed by atoms with Gasteiger partial charge >= 0.3 is 0 Å². The molecule has 0 fully saturated rings. The van der Waals surface area contributed by atoms with E-state index in [0.29, 0.717) is 11.3 Å². The van der Waals surface area contributed by atoms with E-state index in [0.717, 1.165) is 5.35 Å². The van der Waals surface area contributed by atoms with Crippen LogP contribution in [0.25, 0.3) is 12.2 Å². The molecule has 0 aliphatic heterocycles. The lowest BCUT2D eigenvalue weighted by Gasteiger charge is -1.77. The average molecular weight is 226 g/mol. The molecule has 1 rings (SSSR count). The highest BCUT2D eigenvalue weighted by Crippen LogP contribution is 1.92. The minimum atomic E-state index is 0.267. The van der Waals surface area contributed by atoms with Gasteiger partial charge in [0.1, 0.15) is 5.35 Å². The highest BCUT2D eigenvalue weighted by molar-refractivity contribution is 6.16. The van der Waals surface area contributed by atoms with Gasteiger partial charge in [0.2, 0.25) is 5.89 Å². The van der Waals surface area contributed by atoms with E-state index < -0.39 is 0 Å². The van der Waals surface area contributed by atoms with E-state index in [4.69, 9.17) is 16.0 Å². The molecule has 3 heteroatoms. The van der Waals surface area contributed by atoms with Crippen LogP contribution in [0.3, 0.4) is 0 Å². The molecule has 0 N–H and O–H groups in total. The number of allylic oxidation sites excluding steroid dienone is 2. The van der Waals surface area contributed by atoms with Gasteiger partial charge in [0.15, 0.2) is 5.42 Å². The molecule has 0 saturated heterocycles. The summed E-state index contributed by atoms with van der Waals surface area (Å²) in [6, 6.07) is 0. The summed E-state index contributed by atoms with van der Waals surface area (Å²) in [5.74, 6) is 0.769. The molecule has 0 spiro atoms. The summed E-state index contributed by atoms with van der Waals surface area (Å²) in [6.07, 6.45) is 6.78. The van der Waals surface area contributed by atoms with Gasteiger partial charge in [-0.15, -0.1) is 11.6 Å².